The highest BCUT2D eigenvalue weighted by Gasteiger charge is 2.52. The minimum Gasteiger partial charge on any atom is -0.497 e. The Hall–Kier alpha value is -3.24. The standard InChI is InChI=1S/C26H24BrClFN5O3/c1-37-18-13-16(12-17(29)14-18)6-7-23(35)33-11-9-26(8-2-5-21(26)33)31-25(36)20-15-22(27)32-34(20)24-19(28)4-3-10-30-24/h3-4,6-7,10,12-15,21H,2,5,8-9,11H2,1H3,(H,31,36)/b7-6+/t21-,26+/m0/s1. The third kappa shape index (κ3) is 5.00. The molecule has 1 aromatic carbocycles. The van der Waals surface area contributed by atoms with E-state index in [2.05, 4.69) is 31.3 Å². The number of aromatic nitrogens is 3. The number of amides is 2. The first-order valence-corrected chi connectivity index (χ1v) is 13.0. The van der Waals surface area contributed by atoms with Crippen LogP contribution in [0.5, 0.6) is 5.75 Å². The number of carbonyl (C=O) groups excluding carboxylic acids is 2. The van der Waals surface area contributed by atoms with Gasteiger partial charge in [0.25, 0.3) is 5.91 Å². The zero-order chi connectivity index (χ0) is 26.2. The number of rotatable bonds is 6. The van der Waals surface area contributed by atoms with Crippen molar-refractivity contribution in [1.82, 2.24) is 25.0 Å². The molecule has 2 aromatic heterocycles. The Bertz CT molecular complexity index is 1400. The molecule has 2 atom stereocenters. The molecule has 0 unspecified atom stereocenters. The molecule has 2 aliphatic rings. The first-order chi connectivity index (χ1) is 17.8. The summed E-state index contributed by atoms with van der Waals surface area (Å²) in [5.74, 6) is -0.211. The van der Waals surface area contributed by atoms with Gasteiger partial charge in [0.2, 0.25) is 5.91 Å². The molecular formula is C26H24BrClFN5O3. The Morgan fingerprint density at radius 2 is 2.14 bits per heavy atom. The van der Waals surface area contributed by atoms with Crippen molar-refractivity contribution in [3.8, 4) is 11.6 Å². The van der Waals surface area contributed by atoms with E-state index in [-0.39, 0.29) is 23.6 Å². The van der Waals surface area contributed by atoms with Crippen LogP contribution in [0.3, 0.4) is 0 Å². The van der Waals surface area contributed by atoms with Gasteiger partial charge in [-0.05, 0) is 77.5 Å². The summed E-state index contributed by atoms with van der Waals surface area (Å²) in [7, 11) is 1.46. The number of hydrogen-bond donors (Lipinski definition) is 1. The third-order valence-corrected chi connectivity index (χ3v) is 7.64. The van der Waals surface area contributed by atoms with Crippen LogP contribution in [0.15, 0.2) is 53.3 Å². The predicted molar refractivity (Wildman–Crippen MR) is 140 cm³/mol. The number of ether oxygens (including phenoxy) is 1. The second kappa shape index (κ2) is 10.3. The van der Waals surface area contributed by atoms with E-state index in [1.165, 1.54) is 30.0 Å². The normalized spacial score (nSPS) is 20.9. The molecule has 3 aromatic rings. The smallest absolute Gasteiger partial charge is 0.270 e. The van der Waals surface area contributed by atoms with Crippen LogP contribution in [0.25, 0.3) is 11.9 Å². The fraction of sp³-hybridized carbons (Fsp3) is 0.308. The molecule has 11 heteroatoms. The predicted octanol–water partition coefficient (Wildman–Crippen LogP) is 4.80. The summed E-state index contributed by atoms with van der Waals surface area (Å²) in [4.78, 5) is 32.7. The van der Waals surface area contributed by atoms with Gasteiger partial charge in [-0.2, -0.15) is 5.10 Å². The second-order valence-corrected chi connectivity index (χ2v) is 10.4. The summed E-state index contributed by atoms with van der Waals surface area (Å²) in [5.41, 5.74) is 0.276. The SMILES string of the molecule is COc1cc(F)cc(/C=C/C(=O)N2CC[C@]3(NC(=O)c4cc(Br)nn4-c4ncccc4Cl)CCC[C@H]23)c1. The van der Waals surface area contributed by atoms with Gasteiger partial charge in [0.05, 0.1) is 23.7 Å². The highest BCUT2D eigenvalue weighted by molar-refractivity contribution is 9.10. The highest BCUT2D eigenvalue weighted by Crippen LogP contribution is 2.42. The number of nitrogens with zero attached hydrogens (tertiary/aromatic N) is 4. The summed E-state index contributed by atoms with van der Waals surface area (Å²) in [6.07, 6.45) is 7.66. The molecule has 1 saturated carbocycles. The number of fused-ring (bicyclic) bond motifs is 1. The van der Waals surface area contributed by atoms with Crippen molar-refractivity contribution >= 4 is 45.4 Å². The minimum atomic E-state index is -0.544. The lowest BCUT2D eigenvalue weighted by atomic mass is 9.92. The van der Waals surface area contributed by atoms with Crippen LogP contribution in [0.4, 0.5) is 4.39 Å². The summed E-state index contributed by atoms with van der Waals surface area (Å²) in [6.45, 7) is 0.510. The lowest BCUT2D eigenvalue weighted by Gasteiger charge is -2.33. The minimum absolute atomic E-state index is 0.145. The van der Waals surface area contributed by atoms with Crippen LogP contribution in [0.2, 0.25) is 5.02 Å². The van der Waals surface area contributed by atoms with E-state index in [0.29, 0.717) is 39.7 Å². The molecule has 5 rings (SSSR count). The van der Waals surface area contributed by atoms with Gasteiger partial charge in [0, 0.05) is 31.0 Å². The molecule has 1 aliphatic carbocycles. The summed E-state index contributed by atoms with van der Waals surface area (Å²) < 4.78 is 20.8. The third-order valence-electron chi connectivity index (χ3n) is 6.96. The molecule has 2 fully saturated rings. The molecular weight excluding hydrogens is 565 g/mol. The van der Waals surface area contributed by atoms with Gasteiger partial charge in [-0.25, -0.2) is 14.1 Å². The van der Waals surface area contributed by atoms with Crippen LogP contribution in [-0.4, -0.2) is 56.7 Å². The Balaban J connectivity index is 1.35. The maximum Gasteiger partial charge on any atom is 0.270 e. The van der Waals surface area contributed by atoms with Gasteiger partial charge in [-0.15, -0.1) is 0 Å². The number of halogens is 3. The van der Waals surface area contributed by atoms with Crippen LogP contribution in [0, 0.1) is 5.82 Å². The summed E-state index contributed by atoms with van der Waals surface area (Å²) in [6, 6.07) is 9.14. The van der Waals surface area contributed by atoms with Crippen LogP contribution < -0.4 is 10.1 Å². The van der Waals surface area contributed by atoms with E-state index < -0.39 is 11.4 Å². The summed E-state index contributed by atoms with van der Waals surface area (Å²) in [5, 5.41) is 7.94. The maximum absolute atomic E-state index is 13.8. The van der Waals surface area contributed by atoms with Gasteiger partial charge in [0.1, 0.15) is 21.9 Å². The molecule has 8 nitrogen and oxygen atoms in total. The first-order valence-electron chi connectivity index (χ1n) is 11.8. The average molecular weight is 589 g/mol. The molecule has 1 N–H and O–H groups in total. The van der Waals surface area contributed by atoms with Gasteiger partial charge < -0.3 is 15.0 Å². The van der Waals surface area contributed by atoms with Crippen molar-refractivity contribution in [1.29, 1.82) is 0 Å². The number of benzene rings is 1. The second-order valence-electron chi connectivity index (χ2n) is 9.13. The fourth-order valence-electron chi connectivity index (χ4n) is 5.31. The summed E-state index contributed by atoms with van der Waals surface area (Å²) >= 11 is 9.65. The zero-order valence-electron chi connectivity index (χ0n) is 20.0. The topological polar surface area (TPSA) is 89.4 Å². The van der Waals surface area contributed by atoms with E-state index in [1.807, 2.05) is 0 Å². The van der Waals surface area contributed by atoms with Gasteiger partial charge in [-0.3, -0.25) is 9.59 Å². The van der Waals surface area contributed by atoms with Crippen molar-refractivity contribution in [3.63, 3.8) is 0 Å². The molecule has 1 aliphatic heterocycles. The quantitative estimate of drug-likeness (QED) is 0.418. The number of likely N-dealkylation sites (tertiary alicyclic amines) is 1. The molecule has 37 heavy (non-hydrogen) atoms. The van der Waals surface area contributed by atoms with Crippen LogP contribution >= 0.6 is 27.5 Å². The van der Waals surface area contributed by atoms with E-state index in [1.54, 1.807) is 41.4 Å². The largest absolute Gasteiger partial charge is 0.497 e. The number of hydrogen-bond acceptors (Lipinski definition) is 5. The van der Waals surface area contributed by atoms with Gasteiger partial charge in [-0.1, -0.05) is 11.6 Å². The molecule has 0 bridgehead atoms. The number of pyridine rings is 1. The molecule has 0 spiro atoms. The Labute approximate surface area is 226 Å². The average Bonchev–Trinajstić information content (AvgIpc) is 3.55. The van der Waals surface area contributed by atoms with Crippen molar-refractivity contribution < 1.29 is 18.7 Å². The molecule has 2 amide bonds. The number of methoxy groups -OCH3 is 1. The van der Waals surface area contributed by atoms with Crippen molar-refractivity contribution in [2.24, 2.45) is 0 Å². The Morgan fingerprint density at radius 1 is 1.30 bits per heavy atom. The molecule has 192 valence electrons. The molecule has 3 heterocycles. The molecule has 1 saturated heterocycles. The van der Waals surface area contributed by atoms with E-state index in [4.69, 9.17) is 16.3 Å². The Kier molecular flexibility index (Phi) is 7.04. The van der Waals surface area contributed by atoms with Crippen molar-refractivity contribution in [2.45, 2.75) is 37.3 Å². The first kappa shape index (κ1) is 25.4. The van der Waals surface area contributed by atoms with E-state index in [9.17, 15) is 14.0 Å². The molecule has 0 radical (unpaired) electrons. The lowest BCUT2D eigenvalue weighted by molar-refractivity contribution is -0.127. The monoisotopic (exact) mass is 587 g/mol. The van der Waals surface area contributed by atoms with Crippen molar-refractivity contribution in [2.75, 3.05) is 13.7 Å². The lowest BCUT2D eigenvalue weighted by Crippen LogP contribution is -2.54. The Morgan fingerprint density at radius 3 is 2.92 bits per heavy atom. The number of carbonyl (C=O) groups is 2. The number of nitrogens with one attached hydrogen (secondary N) is 1. The van der Waals surface area contributed by atoms with E-state index in [0.717, 1.165) is 19.3 Å². The van der Waals surface area contributed by atoms with Crippen molar-refractivity contribution in [3.05, 3.63) is 75.4 Å². The fourth-order valence-corrected chi connectivity index (χ4v) is 5.88. The maximum atomic E-state index is 13.8. The highest BCUT2D eigenvalue weighted by atomic mass is 79.9. The zero-order valence-corrected chi connectivity index (χ0v) is 22.3. The van der Waals surface area contributed by atoms with Crippen LogP contribution in [0.1, 0.15) is 41.7 Å². The van der Waals surface area contributed by atoms with Gasteiger partial charge >= 0.3 is 0 Å². The van der Waals surface area contributed by atoms with E-state index >= 15 is 0 Å². The van der Waals surface area contributed by atoms with Crippen LogP contribution in [-0.2, 0) is 4.79 Å². The van der Waals surface area contributed by atoms with Gasteiger partial charge in [0.15, 0.2) is 5.82 Å².